The zero-order valence-corrected chi connectivity index (χ0v) is 12.4. The maximum absolute atomic E-state index is 11.8. The zero-order valence-electron chi connectivity index (χ0n) is 11.5. The van der Waals surface area contributed by atoms with Gasteiger partial charge in [0.15, 0.2) is 0 Å². The number of nitrogens with one attached hydrogen (secondary N) is 1. The highest BCUT2D eigenvalue weighted by Gasteiger charge is 2.18. The summed E-state index contributed by atoms with van der Waals surface area (Å²) < 4.78 is 22.0. The van der Waals surface area contributed by atoms with Crippen LogP contribution in [0.2, 0.25) is 0 Å². The van der Waals surface area contributed by atoms with Crippen LogP contribution in [0.5, 0.6) is 0 Å². The van der Waals surface area contributed by atoms with Crippen molar-refractivity contribution in [3.63, 3.8) is 0 Å². The first-order chi connectivity index (χ1) is 8.65. The molecule has 0 aromatic heterocycles. The van der Waals surface area contributed by atoms with Crippen molar-refractivity contribution in [1.82, 2.24) is 10.2 Å². The van der Waals surface area contributed by atoms with E-state index in [0.717, 1.165) is 12.7 Å². The summed E-state index contributed by atoms with van der Waals surface area (Å²) in [7, 11) is -1.65. The summed E-state index contributed by atoms with van der Waals surface area (Å²) >= 11 is 0. The molecule has 112 valence electrons. The summed E-state index contributed by atoms with van der Waals surface area (Å²) in [5.74, 6) is -1.09. The van der Waals surface area contributed by atoms with Gasteiger partial charge in [0.05, 0.1) is 12.2 Å². The molecule has 0 rings (SSSR count). The van der Waals surface area contributed by atoms with Gasteiger partial charge in [0, 0.05) is 25.9 Å². The third kappa shape index (κ3) is 9.29. The Morgan fingerprint density at radius 2 is 1.95 bits per heavy atom. The van der Waals surface area contributed by atoms with Gasteiger partial charge in [-0.3, -0.25) is 4.79 Å². The molecule has 0 heterocycles. The molecule has 0 aromatic carbocycles. The van der Waals surface area contributed by atoms with E-state index in [1.54, 1.807) is 0 Å². The molecule has 0 saturated carbocycles. The maximum Gasteiger partial charge on any atom is 0.317 e. The van der Waals surface area contributed by atoms with Gasteiger partial charge in [-0.05, 0) is 6.42 Å². The van der Waals surface area contributed by atoms with Gasteiger partial charge in [-0.2, -0.15) is 0 Å². The van der Waals surface area contributed by atoms with E-state index in [4.69, 9.17) is 5.11 Å². The van der Waals surface area contributed by atoms with Crippen molar-refractivity contribution >= 4 is 21.8 Å². The molecular formula is C11H22N2O5S. The highest BCUT2D eigenvalue weighted by molar-refractivity contribution is 7.90. The average molecular weight is 294 g/mol. The summed E-state index contributed by atoms with van der Waals surface area (Å²) in [5, 5.41) is 11.3. The number of carboxylic acid groups (broad SMARTS) is 1. The Balaban J connectivity index is 4.34. The molecule has 2 amide bonds. The van der Waals surface area contributed by atoms with Gasteiger partial charge in [-0.1, -0.05) is 13.3 Å². The van der Waals surface area contributed by atoms with Crippen LogP contribution in [0.1, 0.15) is 26.2 Å². The Kier molecular flexibility index (Phi) is 7.43. The number of sulfone groups is 1. The van der Waals surface area contributed by atoms with Crippen LogP contribution in [0.4, 0.5) is 4.79 Å². The summed E-state index contributed by atoms with van der Waals surface area (Å²) in [6.45, 7) is 1.98. The molecule has 19 heavy (non-hydrogen) atoms. The van der Waals surface area contributed by atoms with E-state index in [-0.39, 0.29) is 18.7 Å². The standard InChI is InChI=1S/C11H22N2O5S/c1-4-5-9(8-10(14)15)12-11(16)13(2)6-7-19(3,17)18/h9H,4-8H2,1-3H3,(H,12,16)(H,14,15). The molecule has 0 aliphatic carbocycles. The van der Waals surface area contributed by atoms with Gasteiger partial charge in [0.25, 0.3) is 0 Å². The van der Waals surface area contributed by atoms with Crippen LogP contribution in [0.15, 0.2) is 0 Å². The predicted molar refractivity (Wildman–Crippen MR) is 71.8 cm³/mol. The number of hydrogen-bond acceptors (Lipinski definition) is 4. The molecule has 0 saturated heterocycles. The molecule has 7 nitrogen and oxygen atoms in total. The van der Waals surface area contributed by atoms with E-state index in [1.165, 1.54) is 11.9 Å². The smallest absolute Gasteiger partial charge is 0.317 e. The number of urea groups is 1. The number of amides is 2. The second kappa shape index (κ2) is 7.98. The van der Waals surface area contributed by atoms with Crippen LogP contribution < -0.4 is 5.32 Å². The zero-order chi connectivity index (χ0) is 15.1. The van der Waals surface area contributed by atoms with Gasteiger partial charge in [-0.25, -0.2) is 13.2 Å². The summed E-state index contributed by atoms with van der Waals surface area (Å²) in [6.07, 6.45) is 2.28. The van der Waals surface area contributed by atoms with Crippen molar-refractivity contribution in [3.05, 3.63) is 0 Å². The van der Waals surface area contributed by atoms with E-state index < -0.39 is 27.9 Å². The third-order valence-electron chi connectivity index (χ3n) is 2.53. The van der Waals surface area contributed by atoms with Gasteiger partial charge >= 0.3 is 12.0 Å². The normalized spacial score (nSPS) is 12.8. The fraction of sp³-hybridized carbons (Fsp3) is 0.818. The first kappa shape index (κ1) is 17.7. The second-order valence-corrected chi connectivity index (χ2v) is 6.84. The molecule has 0 radical (unpaired) electrons. The Morgan fingerprint density at radius 1 is 1.37 bits per heavy atom. The first-order valence-electron chi connectivity index (χ1n) is 6.06. The lowest BCUT2D eigenvalue weighted by atomic mass is 10.1. The molecule has 8 heteroatoms. The van der Waals surface area contributed by atoms with Crippen LogP contribution in [0.25, 0.3) is 0 Å². The number of carbonyl (C=O) groups is 2. The number of carbonyl (C=O) groups excluding carboxylic acids is 1. The highest BCUT2D eigenvalue weighted by atomic mass is 32.2. The van der Waals surface area contributed by atoms with Crippen LogP contribution in [0.3, 0.4) is 0 Å². The molecule has 0 aliphatic rings. The van der Waals surface area contributed by atoms with Crippen LogP contribution in [-0.2, 0) is 14.6 Å². The SMILES string of the molecule is CCCC(CC(=O)O)NC(=O)N(C)CCS(C)(=O)=O. The molecule has 0 fully saturated rings. The van der Waals surface area contributed by atoms with Crippen molar-refractivity contribution in [1.29, 1.82) is 0 Å². The van der Waals surface area contributed by atoms with E-state index >= 15 is 0 Å². The van der Waals surface area contributed by atoms with Crippen molar-refractivity contribution in [2.75, 3.05) is 25.6 Å². The van der Waals surface area contributed by atoms with Gasteiger partial charge < -0.3 is 15.3 Å². The fourth-order valence-electron chi connectivity index (χ4n) is 1.47. The van der Waals surface area contributed by atoms with Crippen molar-refractivity contribution in [2.24, 2.45) is 0 Å². The Bertz CT molecular complexity index is 407. The molecule has 1 atom stereocenters. The van der Waals surface area contributed by atoms with Crippen LogP contribution >= 0.6 is 0 Å². The summed E-state index contributed by atoms with van der Waals surface area (Å²) in [5.41, 5.74) is 0. The van der Waals surface area contributed by atoms with Gasteiger partial charge in [-0.15, -0.1) is 0 Å². The van der Waals surface area contributed by atoms with E-state index in [0.29, 0.717) is 6.42 Å². The summed E-state index contributed by atoms with van der Waals surface area (Å²) in [6, 6.07) is -0.890. The molecule has 0 bridgehead atoms. The molecule has 2 N–H and O–H groups in total. The molecule has 0 aliphatic heterocycles. The number of nitrogens with zero attached hydrogens (tertiary/aromatic N) is 1. The minimum Gasteiger partial charge on any atom is -0.481 e. The van der Waals surface area contributed by atoms with Crippen molar-refractivity contribution in [3.8, 4) is 0 Å². The van der Waals surface area contributed by atoms with Crippen LogP contribution in [-0.4, -0.2) is 62.1 Å². The predicted octanol–water partition coefficient (Wildman–Crippen LogP) is 0.316. The largest absolute Gasteiger partial charge is 0.481 e. The lowest BCUT2D eigenvalue weighted by Gasteiger charge is -2.22. The number of hydrogen-bond donors (Lipinski definition) is 2. The second-order valence-electron chi connectivity index (χ2n) is 4.58. The fourth-order valence-corrected chi connectivity index (χ4v) is 2.08. The quantitative estimate of drug-likeness (QED) is 0.671. The number of carboxylic acids is 1. The van der Waals surface area contributed by atoms with E-state index in [9.17, 15) is 18.0 Å². The van der Waals surface area contributed by atoms with Gasteiger partial charge in [0.1, 0.15) is 9.84 Å². The number of rotatable bonds is 8. The van der Waals surface area contributed by atoms with E-state index in [1.807, 2.05) is 6.92 Å². The minimum absolute atomic E-state index is 0.0799. The first-order valence-corrected chi connectivity index (χ1v) is 8.13. The average Bonchev–Trinajstić information content (AvgIpc) is 2.24. The van der Waals surface area contributed by atoms with Crippen LogP contribution in [0, 0.1) is 0 Å². The Morgan fingerprint density at radius 3 is 2.37 bits per heavy atom. The molecule has 0 spiro atoms. The number of aliphatic carboxylic acids is 1. The lowest BCUT2D eigenvalue weighted by molar-refractivity contribution is -0.137. The Labute approximate surface area is 113 Å². The van der Waals surface area contributed by atoms with Gasteiger partial charge in [0.2, 0.25) is 0 Å². The van der Waals surface area contributed by atoms with Crippen molar-refractivity contribution < 1.29 is 23.1 Å². The molecule has 0 aromatic rings. The highest BCUT2D eigenvalue weighted by Crippen LogP contribution is 2.03. The summed E-state index contributed by atoms with van der Waals surface area (Å²) in [4.78, 5) is 23.6. The molecule has 1 unspecified atom stereocenters. The van der Waals surface area contributed by atoms with E-state index in [2.05, 4.69) is 5.32 Å². The minimum atomic E-state index is -3.13. The topological polar surface area (TPSA) is 104 Å². The monoisotopic (exact) mass is 294 g/mol. The Hall–Kier alpha value is -1.31. The molecular weight excluding hydrogens is 272 g/mol. The van der Waals surface area contributed by atoms with Crippen molar-refractivity contribution in [2.45, 2.75) is 32.2 Å². The third-order valence-corrected chi connectivity index (χ3v) is 3.45. The lowest BCUT2D eigenvalue weighted by Crippen LogP contribution is -2.45. The maximum atomic E-state index is 11.8.